The quantitative estimate of drug-likeness (QED) is 0.904. The smallest absolute Gasteiger partial charge is 0.408 e. The molecule has 1 rings (SSSR count). The van der Waals surface area contributed by atoms with E-state index in [0.717, 1.165) is 18.0 Å². The molecule has 6 heteroatoms. The van der Waals surface area contributed by atoms with Crippen molar-refractivity contribution < 1.29 is 9.53 Å². The average Bonchev–Trinajstić information content (AvgIpc) is 2.71. The lowest BCUT2D eigenvalue weighted by Crippen LogP contribution is -2.34. The van der Waals surface area contributed by atoms with E-state index in [-0.39, 0.29) is 6.04 Å². The molecule has 1 heterocycles. The van der Waals surface area contributed by atoms with E-state index in [4.69, 9.17) is 4.74 Å². The minimum Gasteiger partial charge on any atom is -0.444 e. The summed E-state index contributed by atoms with van der Waals surface area (Å²) < 4.78 is 7.30. The number of thioether (sulfide) groups is 1. The van der Waals surface area contributed by atoms with Gasteiger partial charge in [-0.1, -0.05) is 0 Å². The Morgan fingerprint density at radius 3 is 2.84 bits per heavy atom. The number of rotatable bonds is 5. The van der Waals surface area contributed by atoms with Gasteiger partial charge < -0.3 is 14.6 Å². The maximum Gasteiger partial charge on any atom is 0.408 e. The van der Waals surface area contributed by atoms with Crippen LogP contribution < -0.4 is 5.32 Å². The Kier molecular flexibility index (Phi) is 5.72. The van der Waals surface area contributed by atoms with Gasteiger partial charge in [0.1, 0.15) is 5.60 Å². The molecule has 0 aromatic carbocycles. The van der Waals surface area contributed by atoms with E-state index in [1.165, 1.54) is 0 Å². The molecule has 0 aliphatic carbocycles. The molecule has 1 aromatic rings. The summed E-state index contributed by atoms with van der Waals surface area (Å²) in [7, 11) is 0. The summed E-state index contributed by atoms with van der Waals surface area (Å²) in [6.07, 6.45) is 5.23. The zero-order valence-electron chi connectivity index (χ0n) is 12.3. The minimum atomic E-state index is -0.483. The average molecular weight is 285 g/mol. The highest BCUT2D eigenvalue weighted by molar-refractivity contribution is 7.98. The fourth-order valence-corrected chi connectivity index (χ4v) is 2.01. The third-order valence-electron chi connectivity index (χ3n) is 2.46. The van der Waals surface area contributed by atoms with Crippen molar-refractivity contribution in [1.82, 2.24) is 14.9 Å². The first kappa shape index (κ1) is 15.9. The van der Waals surface area contributed by atoms with Gasteiger partial charge in [0.25, 0.3) is 0 Å². The summed E-state index contributed by atoms with van der Waals surface area (Å²) in [5.41, 5.74) is 0.503. The van der Waals surface area contributed by atoms with Gasteiger partial charge in [0.15, 0.2) is 0 Å². The molecular weight excluding hydrogens is 262 g/mol. The number of imidazole rings is 1. The minimum absolute atomic E-state index is 0.126. The van der Waals surface area contributed by atoms with Crippen molar-refractivity contribution in [3.63, 3.8) is 0 Å². The van der Waals surface area contributed by atoms with Crippen LogP contribution in [0.25, 0.3) is 0 Å². The molecule has 0 bridgehead atoms. The lowest BCUT2D eigenvalue weighted by Gasteiger charge is -2.22. The van der Waals surface area contributed by atoms with Gasteiger partial charge in [-0.2, -0.15) is 11.8 Å². The number of hydrogen-bond donors (Lipinski definition) is 1. The maximum absolute atomic E-state index is 11.7. The molecular formula is C13H23N3O2S. The number of amides is 1. The zero-order chi connectivity index (χ0) is 14.5. The van der Waals surface area contributed by atoms with Gasteiger partial charge in [0.05, 0.1) is 24.3 Å². The Bertz CT molecular complexity index is 412. The van der Waals surface area contributed by atoms with Crippen molar-refractivity contribution in [2.24, 2.45) is 0 Å². The molecule has 5 nitrogen and oxygen atoms in total. The van der Waals surface area contributed by atoms with Crippen molar-refractivity contribution >= 4 is 17.9 Å². The van der Waals surface area contributed by atoms with Crippen LogP contribution in [0, 0.1) is 0 Å². The standard InChI is InChI=1S/C13H23N3O2S/c1-10(15-12(17)18-13(2,3)4)11-8-14-9-16(11)6-7-19-5/h8-10H,6-7H2,1-5H3,(H,15,17)/t10-/m0/s1. The molecule has 0 aliphatic rings. The number of alkyl carbamates (subject to hydrolysis) is 1. The van der Waals surface area contributed by atoms with Gasteiger partial charge in [-0.3, -0.25) is 0 Å². The molecule has 0 saturated carbocycles. The van der Waals surface area contributed by atoms with Crippen LogP contribution in [-0.2, 0) is 11.3 Å². The fraction of sp³-hybridized carbons (Fsp3) is 0.692. The van der Waals surface area contributed by atoms with Crippen molar-refractivity contribution in [2.75, 3.05) is 12.0 Å². The van der Waals surface area contributed by atoms with Gasteiger partial charge in [0.2, 0.25) is 0 Å². The lowest BCUT2D eigenvalue weighted by molar-refractivity contribution is 0.0506. The Hall–Kier alpha value is -1.17. The second-order valence-corrected chi connectivity index (χ2v) is 6.36. The molecule has 1 amide bonds. The van der Waals surface area contributed by atoms with Crippen molar-refractivity contribution in [3.8, 4) is 0 Å². The van der Waals surface area contributed by atoms with E-state index in [0.29, 0.717) is 0 Å². The van der Waals surface area contributed by atoms with E-state index in [9.17, 15) is 4.79 Å². The van der Waals surface area contributed by atoms with E-state index in [1.807, 2.05) is 27.7 Å². The van der Waals surface area contributed by atoms with Gasteiger partial charge in [-0.05, 0) is 34.0 Å². The molecule has 0 radical (unpaired) electrons. The molecule has 1 atom stereocenters. The van der Waals surface area contributed by atoms with Crippen LogP contribution in [0.2, 0.25) is 0 Å². The maximum atomic E-state index is 11.7. The zero-order valence-corrected chi connectivity index (χ0v) is 13.1. The second kappa shape index (κ2) is 6.84. The van der Waals surface area contributed by atoms with Gasteiger partial charge in [-0.25, -0.2) is 9.78 Å². The number of carbonyl (C=O) groups is 1. The topological polar surface area (TPSA) is 56.2 Å². The van der Waals surface area contributed by atoms with Crippen molar-refractivity contribution in [1.29, 1.82) is 0 Å². The monoisotopic (exact) mass is 285 g/mol. The lowest BCUT2D eigenvalue weighted by atomic mass is 10.2. The predicted octanol–water partition coefficient (Wildman–Crippen LogP) is 2.83. The molecule has 1 aromatic heterocycles. The van der Waals surface area contributed by atoms with Crippen LogP contribution in [-0.4, -0.2) is 33.3 Å². The number of carbonyl (C=O) groups excluding carboxylic acids is 1. The number of nitrogens with one attached hydrogen (secondary N) is 1. The molecule has 0 unspecified atom stereocenters. The number of aryl methyl sites for hydroxylation is 1. The van der Waals surface area contributed by atoms with Crippen LogP contribution in [0.5, 0.6) is 0 Å². The molecule has 19 heavy (non-hydrogen) atoms. The normalized spacial score (nSPS) is 13.1. The molecule has 0 saturated heterocycles. The third-order valence-corrected chi connectivity index (χ3v) is 3.05. The molecule has 0 spiro atoms. The summed E-state index contributed by atoms with van der Waals surface area (Å²) in [4.78, 5) is 15.9. The first-order valence-electron chi connectivity index (χ1n) is 6.32. The highest BCUT2D eigenvalue weighted by Crippen LogP contribution is 2.14. The number of aromatic nitrogens is 2. The largest absolute Gasteiger partial charge is 0.444 e. The second-order valence-electron chi connectivity index (χ2n) is 5.37. The summed E-state index contributed by atoms with van der Waals surface area (Å²) in [5, 5.41) is 2.83. The molecule has 0 aliphatic heterocycles. The summed E-state index contributed by atoms with van der Waals surface area (Å²) in [5.74, 6) is 1.02. The first-order valence-corrected chi connectivity index (χ1v) is 7.71. The number of ether oxygens (including phenoxy) is 1. The van der Waals surface area contributed by atoms with Crippen LogP contribution >= 0.6 is 11.8 Å². The first-order chi connectivity index (χ1) is 8.83. The molecule has 0 fully saturated rings. The Labute approximate surface area is 119 Å². The van der Waals surface area contributed by atoms with Gasteiger partial charge >= 0.3 is 6.09 Å². The third kappa shape index (κ3) is 5.55. The van der Waals surface area contributed by atoms with Gasteiger partial charge in [0, 0.05) is 12.3 Å². The molecule has 1 N–H and O–H groups in total. The number of hydrogen-bond acceptors (Lipinski definition) is 4. The van der Waals surface area contributed by atoms with E-state index in [1.54, 1.807) is 24.3 Å². The number of nitrogens with zero attached hydrogens (tertiary/aromatic N) is 2. The summed E-state index contributed by atoms with van der Waals surface area (Å²) in [6, 6.07) is -0.126. The summed E-state index contributed by atoms with van der Waals surface area (Å²) >= 11 is 1.78. The highest BCUT2D eigenvalue weighted by atomic mass is 32.2. The van der Waals surface area contributed by atoms with Crippen LogP contribution in [0.4, 0.5) is 4.79 Å². The fourth-order valence-electron chi connectivity index (χ4n) is 1.63. The molecule has 108 valence electrons. The predicted molar refractivity (Wildman–Crippen MR) is 78.4 cm³/mol. The Morgan fingerprint density at radius 1 is 1.58 bits per heavy atom. The van der Waals surface area contributed by atoms with Crippen molar-refractivity contribution in [3.05, 3.63) is 18.2 Å². The Balaban J connectivity index is 2.60. The van der Waals surface area contributed by atoms with E-state index in [2.05, 4.69) is 21.1 Å². The van der Waals surface area contributed by atoms with Gasteiger partial charge in [-0.15, -0.1) is 0 Å². The summed E-state index contributed by atoms with van der Waals surface area (Å²) in [6.45, 7) is 8.35. The van der Waals surface area contributed by atoms with Crippen LogP contribution in [0.15, 0.2) is 12.5 Å². The van der Waals surface area contributed by atoms with Crippen LogP contribution in [0.1, 0.15) is 39.4 Å². The van der Waals surface area contributed by atoms with Crippen molar-refractivity contribution in [2.45, 2.75) is 45.9 Å². The SMILES string of the molecule is CSCCn1cncc1[C@H](C)NC(=O)OC(C)(C)C. The van der Waals surface area contributed by atoms with Crippen LogP contribution in [0.3, 0.4) is 0 Å². The highest BCUT2D eigenvalue weighted by Gasteiger charge is 2.19. The van der Waals surface area contributed by atoms with E-state index >= 15 is 0 Å². The Morgan fingerprint density at radius 2 is 2.26 bits per heavy atom. The van der Waals surface area contributed by atoms with E-state index < -0.39 is 11.7 Å².